The number of anilines is 1. The Bertz CT molecular complexity index is 376. The van der Waals surface area contributed by atoms with E-state index in [0.29, 0.717) is 6.54 Å². The van der Waals surface area contributed by atoms with E-state index in [1.54, 1.807) is 0 Å². The second-order valence-electron chi connectivity index (χ2n) is 3.75. The highest BCUT2D eigenvalue weighted by Gasteiger charge is 2.05. The summed E-state index contributed by atoms with van der Waals surface area (Å²) in [4.78, 5) is 4.46. The first-order valence-corrected chi connectivity index (χ1v) is 6.71. The van der Waals surface area contributed by atoms with Gasteiger partial charge in [0.15, 0.2) is 0 Å². The fourth-order valence-electron chi connectivity index (χ4n) is 1.67. The minimum atomic E-state index is 0.695. The van der Waals surface area contributed by atoms with Gasteiger partial charge in [-0.05, 0) is 30.7 Å². The number of benzene rings is 1. The fraction of sp³-hybridized carbons (Fsp3) is 0.417. The van der Waals surface area contributed by atoms with Crippen molar-refractivity contribution in [3.8, 4) is 0 Å². The number of amidine groups is 1. The maximum Gasteiger partial charge on any atom is 0.111 e. The Morgan fingerprint density at radius 1 is 1.44 bits per heavy atom. The quantitative estimate of drug-likeness (QED) is 0.839. The number of thioether (sulfide) groups is 1. The van der Waals surface area contributed by atoms with Crippen LogP contribution in [0.3, 0.4) is 0 Å². The van der Waals surface area contributed by atoms with Crippen molar-refractivity contribution in [3.05, 3.63) is 29.8 Å². The first kappa shape index (κ1) is 11.5. The van der Waals surface area contributed by atoms with Crippen LogP contribution in [0, 0.1) is 0 Å². The molecule has 1 aromatic rings. The molecule has 4 heteroatoms. The van der Waals surface area contributed by atoms with E-state index in [9.17, 15) is 0 Å². The van der Waals surface area contributed by atoms with Crippen LogP contribution in [0.4, 0.5) is 5.69 Å². The average Bonchev–Trinajstić information content (AvgIpc) is 2.31. The van der Waals surface area contributed by atoms with Crippen molar-refractivity contribution >= 4 is 23.3 Å². The summed E-state index contributed by atoms with van der Waals surface area (Å²) < 4.78 is 0. The molecule has 3 nitrogen and oxygen atoms in total. The second kappa shape index (κ2) is 5.92. The zero-order valence-electron chi connectivity index (χ0n) is 9.28. The standard InChI is InChI=1S/C12H17N3S/c13-5-4-10-2-1-3-11(8-10)15-12-9-16-7-6-14-12/h1-3,8H,4-7,9,13H2,(H,14,15). The van der Waals surface area contributed by atoms with E-state index in [1.165, 1.54) is 5.56 Å². The van der Waals surface area contributed by atoms with E-state index in [0.717, 1.165) is 36.0 Å². The Morgan fingerprint density at radius 2 is 2.38 bits per heavy atom. The summed E-state index contributed by atoms with van der Waals surface area (Å²) in [5.41, 5.74) is 7.94. The number of hydrogen-bond donors (Lipinski definition) is 2. The van der Waals surface area contributed by atoms with Crippen LogP contribution in [-0.4, -0.2) is 30.4 Å². The molecule has 0 saturated heterocycles. The predicted octanol–water partition coefficient (Wildman–Crippen LogP) is 1.74. The summed E-state index contributed by atoms with van der Waals surface area (Å²) in [7, 11) is 0. The van der Waals surface area contributed by atoms with Crippen molar-refractivity contribution in [3.63, 3.8) is 0 Å². The van der Waals surface area contributed by atoms with Crippen LogP contribution in [0.25, 0.3) is 0 Å². The minimum Gasteiger partial charge on any atom is -0.343 e. The van der Waals surface area contributed by atoms with E-state index in [4.69, 9.17) is 5.73 Å². The lowest BCUT2D eigenvalue weighted by molar-refractivity contribution is 0.969. The third-order valence-electron chi connectivity index (χ3n) is 2.43. The summed E-state index contributed by atoms with van der Waals surface area (Å²) in [6, 6.07) is 8.38. The Balaban J connectivity index is 2.02. The number of hydrogen-bond acceptors (Lipinski definition) is 4. The SMILES string of the molecule is NCCc1cccc(NC2=NCCSC2)c1. The monoisotopic (exact) mass is 235 g/mol. The first-order valence-electron chi connectivity index (χ1n) is 5.55. The van der Waals surface area contributed by atoms with Gasteiger partial charge >= 0.3 is 0 Å². The zero-order valence-corrected chi connectivity index (χ0v) is 10.1. The molecule has 1 aliphatic rings. The third kappa shape index (κ3) is 3.25. The van der Waals surface area contributed by atoms with Crippen LogP contribution in [0.2, 0.25) is 0 Å². The Kier molecular flexibility index (Phi) is 4.25. The van der Waals surface area contributed by atoms with E-state index in [2.05, 4.69) is 34.6 Å². The van der Waals surface area contributed by atoms with Crippen LogP contribution in [0.1, 0.15) is 5.56 Å². The van der Waals surface area contributed by atoms with E-state index in [1.807, 2.05) is 11.8 Å². The molecule has 0 unspecified atom stereocenters. The number of aliphatic imine (C=N–C) groups is 1. The largest absolute Gasteiger partial charge is 0.343 e. The highest BCUT2D eigenvalue weighted by atomic mass is 32.2. The molecule has 0 spiro atoms. The van der Waals surface area contributed by atoms with Crippen LogP contribution >= 0.6 is 11.8 Å². The third-order valence-corrected chi connectivity index (χ3v) is 3.37. The summed E-state index contributed by atoms with van der Waals surface area (Å²) >= 11 is 1.92. The first-order chi connectivity index (χ1) is 7.88. The molecule has 2 rings (SSSR count). The highest BCUT2D eigenvalue weighted by Crippen LogP contribution is 2.14. The maximum absolute atomic E-state index is 5.55. The molecule has 0 atom stereocenters. The lowest BCUT2D eigenvalue weighted by Gasteiger charge is -2.14. The van der Waals surface area contributed by atoms with Crippen molar-refractivity contribution in [2.24, 2.45) is 10.7 Å². The van der Waals surface area contributed by atoms with Gasteiger partial charge in [0.05, 0.1) is 12.3 Å². The number of nitrogens with one attached hydrogen (secondary N) is 1. The van der Waals surface area contributed by atoms with Gasteiger partial charge in [0.25, 0.3) is 0 Å². The van der Waals surface area contributed by atoms with Gasteiger partial charge in [-0.2, -0.15) is 11.8 Å². The van der Waals surface area contributed by atoms with Gasteiger partial charge in [-0.15, -0.1) is 0 Å². The fourth-order valence-corrected chi connectivity index (χ4v) is 2.39. The molecule has 0 bridgehead atoms. The lowest BCUT2D eigenvalue weighted by Crippen LogP contribution is -2.19. The molecule has 0 aliphatic carbocycles. The Morgan fingerprint density at radius 3 is 3.12 bits per heavy atom. The van der Waals surface area contributed by atoms with Crippen molar-refractivity contribution in [2.75, 3.05) is 29.9 Å². The van der Waals surface area contributed by atoms with Crippen LogP contribution in [-0.2, 0) is 6.42 Å². The molecule has 0 amide bonds. The van der Waals surface area contributed by atoms with Crippen molar-refractivity contribution in [2.45, 2.75) is 6.42 Å². The topological polar surface area (TPSA) is 50.4 Å². The molecular formula is C12H17N3S. The molecule has 16 heavy (non-hydrogen) atoms. The molecule has 1 aliphatic heterocycles. The van der Waals surface area contributed by atoms with Gasteiger partial charge in [0.2, 0.25) is 0 Å². The van der Waals surface area contributed by atoms with Crippen LogP contribution in [0.15, 0.2) is 29.3 Å². The lowest BCUT2D eigenvalue weighted by atomic mass is 10.1. The highest BCUT2D eigenvalue weighted by molar-refractivity contribution is 8.00. The second-order valence-corrected chi connectivity index (χ2v) is 4.85. The Hall–Kier alpha value is -1.00. The normalized spacial score (nSPS) is 15.7. The number of nitrogens with zero attached hydrogens (tertiary/aromatic N) is 1. The summed E-state index contributed by atoms with van der Waals surface area (Å²) in [5, 5.41) is 3.37. The van der Waals surface area contributed by atoms with E-state index in [-0.39, 0.29) is 0 Å². The Labute approximate surface area is 101 Å². The molecule has 0 radical (unpaired) electrons. The molecular weight excluding hydrogens is 218 g/mol. The average molecular weight is 235 g/mol. The molecule has 86 valence electrons. The van der Waals surface area contributed by atoms with Crippen LogP contribution < -0.4 is 11.1 Å². The van der Waals surface area contributed by atoms with Crippen molar-refractivity contribution in [1.29, 1.82) is 0 Å². The van der Waals surface area contributed by atoms with Crippen molar-refractivity contribution in [1.82, 2.24) is 0 Å². The zero-order chi connectivity index (χ0) is 11.2. The summed E-state index contributed by atoms with van der Waals surface area (Å²) in [6.07, 6.45) is 0.927. The number of nitrogens with two attached hydrogens (primary N) is 1. The van der Waals surface area contributed by atoms with Gasteiger partial charge < -0.3 is 11.1 Å². The van der Waals surface area contributed by atoms with E-state index < -0.39 is 0 Å². The van der Waals surface area contributed by atoms with Crippen LogP contribution in [0.5, 0.6) is 0 Å². The van der Waals surface area contributed by atoms with Gasteiger partial charge in [-0.1, -0.05) is 12.1 Å². The molecule has 3 N–H and O–H groups in total. The van der Waals surface area contributed by atoms with E-state index >= 15 is 0 Å². The van der Waals surface area contributed by atoms with Gasteiger partial charge in [0.1, 0.15) is 5.84 Å². The van der Waals surface area contributed by atoms with Gasteiger partial charge in [0, 0.05) is 11.4 Å². The summed E-state index contributed by atoms with van der Waals surface area (Å²) in [6.45, 7) is 1.62. The molecule has 0 saturated carbocycles. The smallest absolute Gasteiger partial charge is 0.111 e. The van der Waals surface area contributed by atoms with Crippen molar-refractivity contribution < 1.29 is 0 Å². The molecule has 0 fully saturated rings. The number of rotatable bonds is 3. The van der Waals surface area contributed by atoms with Gasteiger partial charge in [-0.3, -0.25) is 4.99 Å². The maximum atomic E-state index is 5.55. The van der Waals surface area contributed by atoms with Gasteiger partial charge in [-0.25, -0.2) is 0 Å². The molecule has 1 aromatic carbocycles. The minimum absolute atomic E-state index is 0.695. The predicted molar refractivity (Wildman–Crippen MR) is 72.5 cm³/mol. The summed E-state index contributed by atoms with van der Waals surface area (Å²) in [5.74, 6) is 3.21. The molecule has 1 heterocycles. The molecule has 0 aromatic heterocycles.